The van der Waals surface area contributed by atoms with Gasteiger partial charge < -0.3 is 10.4 Å². The normalized spacial score (nSPS) is 27.6. The van der Waals surface area contributed by atoms with Crippen molar-refractivity contribution in [3.05, 3.63) is 24.4 Å². The second kappa shape index (κ2) is 4.49. The van der Waals surface area contributed by atoms with Crippen LogP contribution in [0.5, 0.6) is 0 Å². The van der Waals surface area contributed by atoms with E-state index in [4.69, 9.17) is 5.11 Å². The molecule has 0 saturated carbocycles. The van der Waals surface area contributed by atoms with Crippen LogP contribution in [0.2, 0.25) is 0 Å². The highest BCUT2D eigenvalue weighted by Gasteiger charge is 2.27. The Hall–Kier alpha value is -1.29. The first-order valence-corrected chi connectivity index (χ1v) is 5.33. The molecule has 15 heavy (non-hydrogen) atoms. The summed E-state index contributed by atoms with van der Waals surface area (Å²) in [5.74, 6) is -0.800. The predicted molar refractivity (Wildman–Crippen MR) is 57.1 cm³/mol. The lowest BCUT2D eigenvalue weighted by molar-refractivity contribution is -0.143. The molecule has 2 aliphatic heterocycles. The second-order valence-corrected chi connectivity index (χ2v) is 4.00. The maximum atomic E-state index is 10.8. The molecule has 1 unspecified atom stereocenters. The zero-order valence-electron chi connectivity index (χ0n) is 8.60. The third-order valence-corrected chi connectivity index (χ3v) is 3.04. The Labute approximate surface area is 89.3 Å². The molecule has 4 heteroatoms. The molecule has 0 spiro atoms. The smallest absolute Gasteiger partial charge is 0.306 e. The molecule has 1 atom stereocenters. The SMILES string of the molecule is O=C(O)C1CCN(C2C=CC=CN2)CC1. The first-order chi connectivity index (χ1) is 7.27. The molecule has 4 nitrogen and oxygen atoms in total. The van der Waals surface area contributed by atoms with E-state index in [9.17, 15) is 4.79 Å². The molecule has 0 aromatic rings. The van der Waals surface area contributed by atoms with E-state index in [1.807, 2.05) is 18.4 Å². The number of nitrogens with zero attached hydrogens (tertiary/aromatic N) is 1. The molecule has 0 bridgehead atoms. The molecule has 0 aromatic heterocycles. The predicted octanol–water partition coefficient (Wildman–Crippen LogP) is 0.782. The van der Waals surface area contributed by atoms with E-state index >= 15 is 0 Å². The number of carboxylic acid groups (broad SMARTS) is 1. The van der Waals surface area contributed by atoms with Gasteiger partial charge in [-0.05, 0) is 31.2 Å². The fourth-order valence-corrected chi connectivity index (χ4v) is 2.09. The van der Waals surface area contributed by atoms with Gasteiger partial charge in [0.15, 0.2) is 0 Å². The average Bonchev–Trinajstić information content (AvgIpc) is 2.30. The number of carbonyl (C=O) groups is 1. The number of carboxylic acids is 1. The van der Waals surface area contributed by atoms with Crippen LogP contribution in [0.15, 0.2) is 24.4 Å². The van der Waals surface area contributed by atoms with Gasteiger partial charge in [0.2, 0.25) is 0 Å². The summed E-state index contributed by atoms with van der Waals surface area (Å²) in [5, 5.41) is 12.1. The van der Waals surface area contributed by atoms with Crippen LogP contribution in [-0.4, -0.2) is 35.2 Å². The van der Waals surface area contributed by atoms with E-state index in [0.717, 1.165) is 25.9 Å². The van der Waals surface area contributed by atoms with Gasteiger partial charge >= 0.3 is 5.97 Å². The van der Waals surface area contributed by atoms with E-state index in [1.165, 1.54) is 0 Å². The molecule has 0 aromatic carbocycles. The van der Waals surface area contributed by atoms with Gasteiger partial charge in [0.1, 0.15) is 0 Å². The van der Waals surface area contributed by atoms with Crippen LogP contribution >= 0.6 is 0 Å². The Morgan fingerprint density at radius 3 is 2.60 bits per heavy atom. The Bertz CT molecular complexity index is 291. The molecule has 0 amide bonds. The number of allylic oxidation sites excluding steroid dienone is 2. The second-order valence-electron chi connectivity index (χ2n) is 4.00. The lowest BCUT2D eigenvalue weighted by Crippen LogP contribution is -2.47. The largest absolute Gasteiger partial charge is 0.481 e. The maximum Gasteiger partial charge on any atom is 0.306 e. The summed E-state index contributed by atoms with van der Waals surface area (Å²) in [7, 11) is 0. The van der Waals surface area contributed by atoms with Crippen molar-refractivity contribution >= 4 is 5.97 Å². The Morgan fingerprint density at radius 1 is 1.33 bits per heavy atom. The lowest BCUT2D eigenvalue weighted by atomic mass is 9.96. The number of nitrogens with one attached hydrogen (secondary N) is 1. The molecule has 1 saturated heterocycles. The van der Waals surface area contributed by atoms with Crippen molar-refractivity contribution in [3.63, 3.8) is 0 Å². The average molecular weight is 208 g/mol. The third-order valence-electron chi connectivity index (χ3n) is 3.04. The monoisotopic (exact) mass is 208 g/mol. The lowest BCUT2D eigenvalue weighted by Gasteiger charge is -2.35. The summed E-state index contributed by atoms with van der Waals surface area (Å²) in [6.45, 7) is 1.71. The summed E-state index contributed by atoms with van der Waals surface area (Å²) in [6, 6.07) is 0. The highest BCUT2D eigenvalue weighted by Crippen LogP contribution is 2.19. The molecular weight excluding hydrogens is 192 g/mol. The van der Waals surface area contributed by atoms with Gasteiger partial charge in [-0.15, -0.1) is 0 Å². The molecule has 2 heterocycles. The minimum absolute atomic E-state index is 0.149. The van der Waals surface area contributed by atoms with Gasteiger partial charge in [0.25, 0.3) is 0 Å². The number of likely N-dealkylation sites (tertiary alicyclic amines) is 1. The van der Waals surface area contributed by atoms with Crippen LogP contribution in [0.1, 0.15) is 12.8 Å². The summed E-state index contributed by atoms with van der Waals surface area (Å²) in [4.78, 5) is 13.1. The number of dihydropyridines is 1. The van der Waals surface area contributed by atoms with Crippen molar-refractivity contribution in [1.29, 1.82) is 0 Å². The van der Waals surface area contributed by atoms with Crippen molar-refractivity contribution in [2.75, 3.05) is 13.1 Å². The quantitative estimate of drug-likeness (QED) is 0.704. The van der Waals surface area contributed by atoms with Gasteiger partial charge in [-0.3, -0.25) is 9.69 Å². The Morgan fingerprint density at radius 2 is 2.07 bits per heavy atom. The zero-order chi connectivity index (χ0) is 10.7. The summed E-state index contributed by atoms with van der Waals surface area (Å²) >= 11 is 0. The van der Waals surface area contributed by atoms with Crippen molar-refractivity contribution in [2.45, 2.75) is 19.0 Å². The molecular formula is C11H16N2O2. The Balaban J connectivity index is 1.85. The van der Waals surface area contributed by atoms with Crippen molar-refractivity contribution < 1.29 is 9.90 Å². The van der Waals surface area contributed by atoms with E-state index in [-0.39, 0.29) is 12.1 Å². The molecule has 2 rings (SSSR count). The molecule has 2 N–H and O–H groups in total. The van der Waals surface area contributed by atoms with E-state index < -0.39 is 5.97 Å². The topological polar surface area (TPSA) is 52.6 Å². The number of hydrogen-bond donors (Lipinski definition) is 2. The van der Waals surface area contributed by atoms with E-state index in [0.29, 0.717) is 0 Å². The van der Waals surface area contributed by atoms with Crippen molar-refractivity contribution in [3.8, 4) is 0 Å². The van der Waals surface area contributed by atoms with E-state index in [1.54, 1.807) is 0 Å². The molecule has 0 aliphatic carbocycles. The van der Waals surface area contributed by atoms with Gasteiger partial charge in [-0.25, -0.2) is 0 Å². The van der Waals surface area contributed by atoms with Crippen LogP contribution in [0.4, 0.5) is 0 Å². The summed E-state index contributed by atoms with van der Waals surface area (Å²) in [5.41, 5.74) is 0. The molecule has 1 fully saturated rings. The molecule has 2 aliphatic rings. The van der Waals surface area contributed by atoms with Crippen molar-refractivity contribution in [2.24, 2.45) is 5.92 Å². The van der Waals surface area contributed by atoms with Crippen molar-refractivity contribution in [1.82, 2.24) is 10.2 Å². The molecule has 82 valence electrons. The standard InChI is InChI=1S/C11H16N2O2/c14-11(15)9-4-7-13(8-5-9)10-3-1-2-6-12-10/h1-3,6,9-10,12H,4-5,7-8H2,(H,14,15). The number of rotatable bonds is 2. The third kappa shape index (κ3) is 2.39. The number of aliphatic carboxylic acids is 1. The van der Waals surface area contributed by atoms with E-state index in [2.05, 4.69) is 16.3 Å². The highest BCUT2D eigenvalue weighted by molar-refractivity contribution is 5.70. The van der Waals surface area contributed by atoms with Gasteiger partial charge in [-0.1, -0.05) is 6.08 Å². The van der Waals surface area contributed by atoms with Crippen LogP contribution in [0.3, 0.4) is 0 Å². The van der Waals surface area contributed by atoms with Crippen LogP contribution in [-0.2, 0) is 4.79 Å². The minimum Gasteiger partial charge on any atom is -0.481 e. The first kappa shape index (κ1) is 10.2. The van der Waals surface area contributed by atoms with Crippen LogP contribution in [0.25, 0.3) is 0 Å². The fourth-order valence-electron chi connectivity index (χ4n) is 2.09. The Kier molecular flexibility index (Phi) is 3.06. The maximum absolute atomic E-state index is 10.8. The van der Waals surface area contributed by atoms with Crippen LogP contribution in [0, 0.1) is 5.92 Å². The molecule has 0 radical (unpaired) electrons. The summed E-state index contributed by atoms with van der Waals surface area (Å²) < 4.78 is 0. The van der Waals surface area contributed by atoms with Gasteiger partial charge in [-0.2, -0.15) is 0 Å². The number of hydrogen-bond acceptors (Lipinski definition) is 3. The summed E-state index contributed by atoms with van der Waals surface area (Å²) in [6.07, 6.45) is 9.75. The van der Waals surface area contributed by atoms with Gasteiger partial charge in [0, 0.05) is 13.1 Å². The highest BCUT2D eigenvalue weighted by atomic mass is 16.4. The van der Waals surface area contributed by atoms with Crippen LogP contribution < -0.4 is 5.32 Å². The first-order valence-electron chi connectivity index (χ1n) is 5.33. The van der Waals surface area contributed by atoms with Gasteiger partial charge in [0.05, 0.1) is 12.1 Å². The zero-order valence-corrected chi connectivity index (χ0v) is 8.60. The number of piperidine rings is 1. The minimum atomic E-state index is -0.651. The fraction of sp³-hybridized carbons (Fsp3) is 0.545.